The Balaban J connectivity index is 1.67. The van der Waals surface area contributed by atoms with Crippen molar-refractivity contribution in [2.75, 3.05) is 0 Å². The Hall–Kier alpha value is -3.25. The van der Waals surface area contributed by atoms with Gasteiger partial charge in [-0.3, -0.25) is 4.79 Å². The van der Waals surface area contributed by atoms with Crippen molar-refractivity contribution in [1.29, 1.82) is 0 Å². The molecule has 0 aliphatic carbocycles. The van der Waals surface area contributed by atoms with Gasteiger partial charge in [-0.05, 0) is 42.7 Å². The number of carboxylic acids is 1. The Morgan fingerprint density at radius 2 is 1.66 bits per heavy atom. The standard InChI is InChI=1S/C22H18ClN3O3/c23-17-5-2-1-4-16(17)18-10-11-19(22(28)29)26(18)21(27)15-8-6-14(7-9-15)20-24-12-3-13-25-20/h1-9,12-13,18-19H,10-11H2,(H,28,29)/t18?,19-/m0/s1. The molecule has 1 N–H and O–H groups in total. The molecule has 0 saturated carbocycles. The van der Waals surface area contributed by atoms with Crippen LogP contribution in [0.15, 0.2) is 67.0 Å². The van der Waals surface area contributed by atoms with Gasteiger partial charge < -0.3 is 10.0 Å². The normalized spacial score (nSPS) is 18.6. The lowest BCUT2D eigenvalue weighted by molar-refractivity contribution is -0.141. The van der Waals surface area contributed by atoms with Crippen molar-refractivity contribution in [1.82, 2.24) is 14.9 Å². The molecule has 2 aromatic carbocycles. The van der Waals surface area contributed by atoms with Crippen LogP contribution in [0.5, 0.6) is 0 Å². The first-order chi connectivity index (χ1) is 14.1. The number of aliphatic carboxylic acids is 1. The maximum absolute atomic E-state index is 13.3. The van der Waals surface area contributed by atoms with Crippen LogP contribution in [0.1, 0.15) is 34.8 Å². The highest BCUT2D eigenvalue weighted by molar-refractivity contribution is 6.31. The fraction of sp³-hybridized carbons (Fsp3) is 0.182. The van der Waals surface area contributed by atoms with Crippen molar-refractivity contribution in [2.24, 2.45) is 0 Å². The van der Waals surface area contributed by atoms with Crippen LogP contribution in [0, 0.1) is 0 Å². The van der Waals surface area contributed by atoms with Gasteiger partial charge in [0.1, 0.15) is 6.04 Å². The van der Waals surface area contributed by atoms with E-state index in [-0.39, 0.29) is 11.9 Å². The highest BCUT2D eigenvalue weighted by Gasteiger charge is 2.42. The van der Waals surface area contributed by atoms with Crippen LogP contribution in [0.25, 0.3) is 11.4 Å². The minimum absolute atomic E-state index is 0.333. The highest BCUT2D eigenvalue weighted by Crippen LogP contribution is 2.40. The number of hydrogen-bond donors (Lipinski definition) is 1. The molecule has 1 aliphatic heterocycles. The second kappa shape index (κ2) is 8.01. The monoisotopic (exact) mass is 407 g/mol. The number of likely N-dealkylation sites (tertiary alicyclic amines) is 1. The summed E-state index contributed by atoms with van der Waals surface area (Å²) in [6.07, 6.45) is 4.23. The first-order valence-corrected chi connectivity index (χ1v) is 9.61. The molecule has 0 radical (unpaired) electrons. The van der Waals surface area contributed by atoms with E-state index in [4.69, 9.17) is 11.6 Å². The molecule has 7 heteroatoms. The fourth-order valence-corrected chi connectivity index (χ4v) is 4.01. The third-order valence-electron chi connectivity index (χ3n) is 5.12. The summed E-state index contributed by atoms with van der Waals surface area (Å²) in [6, 6.07) is 14.6. The van der Waals surface area contributed by atoms with Gasteiger partial charge in [0.25, 0.3) is 5.91 Å². The molecule has 146 valence electrons. The van der Waals surface area contributed by atoms with Gasteiger partial charge in [0.2, 0.25) is 0 Å². The molecule has 1 amide bonds. The number of rotatable bonds is 4. The molecule has 1 aliphatic rings. The largest absolute Gasteiger partial charge is 0.480 e. The predicted octanol–water partition coefficient (Wildman–Crippen LogP) is 4.23. The highest BCUT2D eigenvalue weighted by atomic mass is 35.5. The zero-order valence-electron chi connectivity index (χ0n) is 15.4. The van der Waals surface area contributed by atoms with Gasteiger partial charge >= 0.3 is 5.97 Å². The second-order valence-corrected chi connectivity index (χ2v) is 7.24. The predicted molar refractivity (Wildman–Crippen MR) is 108 cm³/mol. The van der Waals surface area contributed by atoms with Crippen LogP contribution in [-0.4, -0.2) is 37.9 Å². The smallest absolute Gasteiger partial charge is 0.326 e. The summed E-state index contributed by atoms with van der Waals surface area (Å²) in [6.45, 7) is 0. The average Bonchev–Trinajstić information content (AvgIpc) is 3.19. The Morgan fingerprint density at radius 1 is 0.966 bits per heavy atom. The van der Waals surface area contributed by atoms with E-state index in [0.29, 0.717) is 29.3 Å². The van der Waals surface area contributed by atoms with Crippen molar-refractivity contribution < 1.29 is 14.7 Å². The minimum Gasteiger partial charge on any atom is -0.480 e. The van der Waals surface area contributed by atoms with E-state index < -0.39 is 12.0 Å². The molecule has 29 heavy (non-hydrogen) atoms. The van der Waals surface area contributed by atoms with Crippen molar-refractivity contribution in [3.05, 3.63) is 83.1 Å². The summed E-state index contributed by atoms with van der Waals surface area (Å²) in [5.74, 6) is -0.785. The quantitative estimate of drug-likeness (QED) is 0.699. The maximum Gasteiger partial charge on any atom is 0.326 e. The van der Waals surface area contributed by atoms with Gasteiger partial charge in [0, 0.05) is 28.5 Å². The third kappa shape index (κ3) is 3.71. The van der Waals surface area contributed by atoms with Crippen molar-refractivity contribution in [2.45, 2.75) is 24.9 Å². The second-order valence-electron chi connectivity index (χ2n) is 6.83. The first kappa shape index (κ1) is 19.1. The van der Waals surface area contributed by atoms with Crippen LogP contribution in [-0.2, 0) is 4.79 Å². The van der Waals surface area contributed by atoms with Crippen LogP contribution < -0.4 is 0 Å². The summed E-state index contributed by atoms with van der Waals surface area (Å²) in [7, 11) is 0. The SMILES string of the molecule is O=C(O)[C@@H]1CCC(c2ccccc2Cl)N1C(=O)c1ccc(-c2ncccn2)cc1. The summed E-state index contributed by atoms with van der Waals surface area (Å²) in [5.41, 5.74) is 1.96. The van der Waals surface area contributed by atoms with E-state index >= 15 is 0 Å². The van der Waals surface area contributed by atoms with Crippen molar-refractivity contribution >= 4 is 23.5 Å². The zero-order chi connectivity index (χ0) is 20.4. The molecule has 2 atom stereocenters. The Kier molecular flexibility index (Phi) is 5.27. The Morgan fingerprint density at radius 3 is 2.31 bits per heavy atom. The molecular weight excluding hydrogens is 390 g/mol. The number of benzene rings is 2. The Bertz CT molecular complexity index is 1040. The fourth-order valence-electron chi connectivity index (χ4n) is 3.75. The zero-order valence-corrected chi connectivity index (χ0v) is 16.2. The van der Waals surface area contributed by atoms with Gasteiger partial charge in [0.05, 0.1) is 6.04 Å². The van der Waals surface area contributed by atoms with Crippen molar-refractivity contribution in [3.63, 3.8) is 0 Å². The van der Waals surface area contributed by atoms with E-state index in [9.17, 15) is 14.7 Å². The Labute approximate surface area is 172 Å². The van der Waals surface area contributed by atoms with Gasteiger partial charge in [0.15, 0.2) is 5.82 Å². The number of halogens is 1. The molecular formula is C22H18ClN3O3. The van der Waals surface area contributed by atoms with E-state index in [1.165, 1.54) is 4.90 Å². The lowest BCUT2D eigenvalue weighted by Crippen LogP contribution is -2.41. The number of carbonyl (C=O) groups is 2. The molecule has 4 rings (SSSR count). The molecule has 1 unspecified atom stereocenters. The molecule has 6 nitrogen and oxygen atoms in total. The summed E-state index contributed by atoms with van der Waals surface area (Å²) >= 11 is 6.34. The number of hydrogen-bond acceptors (Lipinski definition) is 4. The van der Waals surface area contributed by atoms with Gasteiger partial charge in [-0.25, -0.2) is 14.8 Å². The molecule has 1 saturated heterocycles. The molecule has 0 spiro atoms. The van der Waals surface area contributed by atoms with Crippen molar-refractivity contribution in [3.8, 4) is 11.4 Å². The number of amides is 1. The average molecular weight is 408 g/mol. The van der Waals surface area contributed by atoms with E-state index in [1.54, 1.807) is 48.8 Å². The number of aromatic nitrogens is 2. The minimum atomic E-state index is -1.01. The lowest BCUT2D eigenvalue weighted by Gasteiger charge is -2.29. The molecule has 1 fully saturated rings. The van der Waals surface area contributed by atoms with Crippen LogP contribution in [0.4, 0.5) is 0 Å². The summed E-state index contributed by atoms with van der Waals surface area (Å²) in [4.78, 5) is 34.9. The summed E-state index contributed by atoms with van der Waals surface area (Å²) < 4.78 is 0. The van der Waals surface area contributed by atoms with Gasteiger partial charge in [-0.1, -0.05) is 41.9 Å². The van der Waals surface area contributed by atoms with Gasteiger partial charge in [-0.2, -0.15) is 0 Å². The van der Waals surface area contributed by atoms with Crippen LogP contribution in [0.2, 0.25) is 5.02 Å². The summed E-state index contributed by atoms with van der Waals surface area (Å²) in [5, 5.41) is 10.2. The van der Waals surface area contributed by atoms with Gasteiger partial charge in [-0.15, -0.1) is 0 Å². The van der Waals surface area contributed by atoms with E-state index in [2.05, 4.69) is 9.97 Å². The van der Waals surface area contributed by atoms with E-state index in [0.717, 1.165) is 11.1 Å². The lowest BCUT2D eigenvalue weighted by atomic mass is 10.0. The molecule has 2 heterocycles. The molecule has 1 aromatic heterocycles. The molecule has 0 bridgehead atoms. The topological polar surface area (TPSA) is 83.4 Å². The number of carbonyl (C=O) groups excluding carboxylic acids is 1. The number of carboxylic acid groups (broad SMARTS) is 1. The first-order valence-electron chi connectivity index (χ1n) is 9.23. The molecule has 3 aromatic rings. The van der Waals surface area contributed by atoms with Crippen LogP contribution in [0.3, 0.4) is 0 Å². The third-order valence-corrected chi connectivity index (χ3v) is 5.47. The van der Waals surface area contributed by atoms with Crippen LogP contribution >= 0.6 is 11.6 Å². The number of nitrogens with zero attached hydrogens (tertiary/aromatic N) is 3. The van der Waals surface area contributed by atoms with E-state index in [1.807, 2.05) is 18.2 Å². The maximum atomic E-state index is 13.3.